The van der Waals surface area contributed by atoms with Crippen molar-refractivity contribution in [2.45, 2.75) is 25.7 Å². The molecular formula is C14H18O5. The first kappa shape index (κ1) is 13.8. The summed E-state index contributed by atoms with van der Waals surface area (Å²) in [6.45, 7) is 3.82. The summed E-state index contributed by atoms with van der Waals surface area (Å²) in [7, 11) is 2.52. The van der Waals surface area contributed by atoms with Crippen molar-refractivity contribution in [1.29, 1.82) is 0 Å². The molecule has 5 nitrogen and oxygen atoms in total. The molecule has 0 aromatic rings. The first-order chi connectivity index (χ1) is 8.96. The highest BCUT2D eigenvalue weighted by atomic mass is 16.5. The summed E-state index contributed by atoms with van der Waals surface area (Å²) in [6, 6.07) is 0. The second kappa shape index (κ2) is 4.79. The number of esters is 2. The molecule has 0 aromatic carbocycles. The SMILES string of the molecule is C=C1C(=O)CC2CC(C(=O)OC)(C(=O)OC)CCC12. The molecule has 0 N–H and O–H groups in total. The summed E-state index contributed by atoms with van der Waals surface area (Å²) in [4.78, 5) is 35.7. The predicted molar refractivity (Wildman–Crippen MR) is 66.1 cm³/mol. The van der Waals surface area contributed by atoms with Gasteiger partial charge >= 0.3 is 11.9 Å². The number of fused-ring (bicyclic) bond motifs is 1. The fraction of sp³-hybridized carbons (Fsp3) is 0.643. The highest BCUT2D eigenvalue weighted by molar-refractivity contribution is 6.01. The van der Waals surface area contributed by atoms with E-state index in [-0.39, 0.29) is 17.6 Å². The van der Waals surface area contributed by atoms with Gasteiger partial charge in [0.15, 0.2) is 11.2 Å². The van der Waals surface area contributed by atoms with Crippen LogP contribution in [0.3, 0.4) is 0 Å². The quantitative estimate of drug-likeness (QED) is 0.427. The van der Waals surface area contributed by atoms with Crippen LogP contribution >= 0.6 is 0 Å². The third kappa shape index (κ3) is 1.97. The van der Waals surface area contributed by atoms with E-state index in [0.717, 1.165) is 0 Å². The second-order valence-electron chi connectivity index (χ2n) is 5.33. The lowest BCUT2D eigenvalue weighted by molar-refractivity contribution is -0.173. The third-order valence-electron chi connectivity index (χ3n) is 4.47. The van der Waals surface area contributed by atoms with Gasteiger partial charge in [0.25, 0.3) is 0 Å². The number of allylic oxidation sites excluding steroid dienone is 1. The molecule has 2 rings (SSSR count). The van der Waals surface area contributed by atoms with Crippen LogP contribution in [0.2, 0.25) is 0 Å². The summed E-state index contributed by atoms with van der Waals surface area (Å²) >= 11 is 0. The third-order valence-corrected chi connectivity index (χ3v) is 4.47. The Balaban J connectivity index is 2.29. The van der Waals surface area contributed by atoms with Gasteiger partial charge in [-0.2, -0.15) is 0 Å². The average molecular weight is 266 g/mol. The standard InChI is InChI=1S/C14H18O5/c1-8-10-4-5-14(12(16)18-2,13(17)19-3)7-9(10)6-11(8)15/h9-10H,1,4-7H2,2-3H3. The van der Waals surface area contributed by atoms with Crippen LogP contribution in [0.4, 0.5) is 0 Å². The number of Topliss-reactive ketones (excluding diaryl/α,β-unsaturated/α-hetero) is 1. The minimum Gasteiger partial charge on any atom is -0.468 e. The van der Waals surface area contributed by atoms with Crippen LogP contribution in [0.5, 0.6) is 0 Å². The van der Waals surface area contributed by atoms with Gasteiger partial charge < -0.3 is 9.47 Å². The smallest absolute Gasteiger partial charge is 0.323 e. The van der Waals surface area contributed by atoms with Gasteiger partial charge in [0.1, 0.15) is 0 Å². The number of hydrogen-bond acceptors (Lipinski definition) is 5. The largest absolute Gasteiger partial charge is 0.468 e. The Morgan fingerprint density at radius 1 is 1.26 bits per heavy atom. The van der Waals surface area contributed by atoms with Gasteiger partial charge in [-0.1, -0.05) is 6.58 Å². The lowest BCUT2D eigenvalue weighted by Gasteiger charge is -2.37. The van der Waals surface area contributed by atoms with Crippen LogP contribution in [0.25, 0.3) is 0 Å². The number of ketones is 1. The highest BCUT2D eigenvalue weighted by Crippen LogP contribution is 2.51. The van der Waals surface area contributed by atoms with Gasteiger partial charge in [-0.3, -0.25) is 14.4 Å². The summed E-state index contributed by atoms with van der Waals surface area (Å²) in [5.41, 5.74) is -0.622. The van der Waals surface area contributed by atoms with Crippen molar-refractivity contribution in [2.24, 2.45) is 17.3 Å². The molecule has 5 heteroatoms. The predicted octanol–water partition coefficient (Wildman–Crippen LogP) is 1.26. The minimum atomic E-state index is -1.25. The van der Waals surface area contributed by atoms with Crippen LogP contribution in [-0.2, 0) is 23.9 Å². The molecule has 0 amide bonds. The van der Waals surface area contributed by atoms with Crippen molar-refractivity contribution in [2.75, 3.05) is 14.2 Å². The Kier molecular flexibility index (Phi) is 3.47. The number of methoxy groups -OCH3 is 2. The van der Waals surface area contributed by atoms with E-state index in [1.54, 1.807) is 0 Å². The normalized spacial score (nSPS) is 28.7. The number of hydrogen-bond donors (Lipinski definition) is 0. The van der Waals surface area contributed by atoms with Crippen LogP contribution in [0.15, 0.2) is 12.2 Å². The van der Waals surface area contributed by atoms with Crippen molar-refractivity contribution in [1.82, 2.24) is 0 Å². The lowest BCUT2D eigenvalue weighted by Crippen LogP contribution is -2.46. The van der Waals surface area contributed by atoms with Crippen LogP contribution in [0.1, 0.15) is 25.7 Å². The summed E-state index contributed by atoms with van der Waals surface area (Å²) in [5.74, 6) is -1.01. The fourth-order valence-corrected chi connectivity index (χ4v) is 3.42. The first-order valence-corrected chi connectivity index (χ1v) is 6.35. The molecule has 2 fully saturated rings. The van der Waals surface area contributed by atoms with Crippen molar-refractivity contribution < 1.29 is 23.9 Å². The van der Waals surface area contributed by atoms with E-state index in [1.807, 2.05) is 0 Å². The van der Waals surface area contributed by atoms with Crippen LogP contribution < -0.4 is 0 Å². The number of carbonyl (C=O) groups excluding carboxylic acids is 3. The molecular weight excluding hydrogens is 248 g/mol. The van der Waals surface area contributed by atoms with E-state index in [9.17, 15) is 14.4 Å². The molecule has 0 saturated heterocycles. The highest BCUT2D eigenvalue weighted by Gasteiger charge is 2.56. The van der Waals surface area contributed by atoms with E-state index >= 15 is 0 Å². The Labute approximate surface area is 111 Å². The molecule has 0 aromatic heterocycles. The minimum absolute atomic E-state index is 0.00745. The van der Waals surface area contributed by atoms with E-state index in [4.69, 9.17) is 9.47 Å². The summed E-state index contributed by atoms with van der Waals surface area (Å²) in [6.07, 6.45) is 1.61. The van der Waals surface area contributed by atoms with Crippen molar-refractivity contribution in [3.05, 3.63) is 12.2 Å². The van der Waals surface area contributed by atoms with E-state index in [2.05, 4.69) is 6.58 Å². The number of rotatable bonds is 2. The van der Waals surface area contributed by atoms with Gasteiger partial charge in [0.2, 0.25) is 0 Å². The molecule has 19 heavy (non-hydrogen) atoms. The Morgan fingerprint density at radius 2 is 1.84 bits per heavy atom. The van der Waals surface area contributed by atoms with Crippen molar-refractivity contribution in [3.8, 4) is 0 Å². The van der Waals surface area contributed by atoms with Gasteiger partial charge in [-0.05, 0) is 36.7 Å². The molecule has 2 aliphatic carbocycles. The topological polar surface area (TPSA) is 69.7 Å². The number of ether oxygens (including phenoxy) is 2. The second-order valence-corrected chi connectivity index (χ2v) is 5.33. The summed E-state index contributed by atoms with van der Waals surface area (Å²) in [5, 5.41) is 0. The van der Waals surface area contributed by atoms with E-state index in [0.29, 0.717) is 31.3 Å². The Hall–Kier alpha value is -1.65. The maximum atomic E-state index is 12.0. The molecule has 0 spiro atoms. The van der Waals surface area contributed by atoms with Crippen LogP contribution in [-0.4, -0.2) is 31.9 Å². The van der Waals surface area contributed by atoms with Crippen molar-refractivity contribution in [3.63, 3.8) is 0 Å². The molecule has 0 radical (unpaired) electrons. The molecule has 2 unspecified atom stereocenters. The zero-order valence-electron chi connectivity index (χ0n) is 11.2. The zero-order valence-corrected chi connectivity index (χ0v) is 11.2. The Morgan fingerprint density at radius 3 is 2.37 bits per heavy atom. The maximum absolute atomic E-state index is 12.0. The molecule has 0 bridgehead atoms. The monoisotopic (exact) mass is 266 g/mol. The fourth-order valence-electron chi connectivity index (χ4n) is 3.42. The molecule has 0 aliphatic heterocycles. The van der Waals surface area contributed by atoms with Gasteiger partial charge in [-0.25, -0.2) is 0 Å². The van der Waals surface area contributed by atoms with Gasteiger partial charge in [-0.15, -0.1) is 0 Å². The average Bonchev–Trinajstić information content (AvgIpc) is 2.71. The van der Waals surface area contributed by atoms with Gasteiger partial charge in [0, 0.05) is 6.42 Å². The number of carbonyl (C=O) groups is 3. The molecule has 2 atom stereocenters. The summed E-state index contributed by atoms with van der Waals surface area (Å²) < 4.78 is 9.54. The van der Waals surface area contributed by atoms with Crippen molar-refractivity contribution >= 4 is 17.7 Å². The van der Waals surface area contributed by atoms with Gasteiger partial charge in [0.05, 0.1) is 14.2 Å². The van der Waals surface area contributed by atoms with E-state index in [1.165, 1.54) is 14.2 Å². The molecule has 2 saturated carbocycles. The Bertz CT molecular complexity index is 435. The van der Waals surface area contributed by atoms with Crippen LogP contribution in [0, 0.1) is 17.3 Å². The van der Waals surface area contributed by atoms with E-state index < -0.39 is 17.4 Å². The lowest BCUT2D eigenvalue weighted by atomic mass is 9.65. The first-order valence-electron chi connectivity index (χ1n) is 6.35. The molecule has 104 valence electrons. The maximum Gasteiger partial charge on any atom is 0.323 e. The molecule has 2 aliphatic rings. The zero-order chi connectivity index (χ0) is 14.2. The molecule has 0 heterocycles.